The van der Waals surface area contributed by atoms with Crippen molar-refractivity contribution in [3.05, 3.63) is 12.7 Å². The second-order valence-corrected chi connectivity index (χ2v) is 2.42. The van der Waals surface area contributed by atoms with Crippen molar-refractivity contribution >= 4 is 5.97 Å². The molecule has 82 valence electrons. The summed E-state index contributed by atoms with van der Waals surface area (Å²) in [7, 11) is 1.64. The summed E-state index contributed by atoms with van der Waals surface area (Å²) in [4.78, 5) is 10.6. The maximum Gasteiger partial charge on any atom is 0.330 e. The van der Waals surface area contributed by atoms with Gasteiger partial charge in [0.05, 0.1) is 19.9 Å². The molecular formula is C9H17NO4. The van der Waals surface area contributed by atoms with Crippen molar-refractivity contribution in [1.29, 1.82) is 0 Å². The van der Waals surface area contributed by atoms with E-state index in [4.69, 9.17) is 9.47 Å². The zero-order chi connectivity index (χ0) is 10.6. The summed E-state index contributed by atoms with van der Waals surface area (Å²) < 4.78 is 14.6. The van der Waals surface area contributed by atoms with Gasteiger partial charge in [-0.05, 0) is 0 Å². The highest BCUT2D eigenvalue weighted by Crippen LogP contribution is 1.80. The monoisotopic (exact) mass is 203 g/mol. The molecule has 0 unspecified atom stereocenters. The molecule has 0 rings (SSSR count). The number of hydrogen-bond donors (Lipinski definition) is 1. The Bertz CT molecular complexity index is 161. The topological polar surface area (TPSA) is 56.8 Å². The summed E-state index contributed by atoms with van der Waals surface area (Å²) in [6.07, 6.45) is 1.12. The zero-order valence-electron chi connectivity index (χ0n) is 8.45. The van der Waals surface area contributed by atoms with Crippen molar-refractivity contribution in [1.82, 2.24) is 5.32 Å². The smallest absolute Gasteiger partial charge is 0.330 e. The normalized spacial score (nSPS) is 9.79. The van der Waals surface area contributed by atoms with Gasteiger partial charge in [0.15, 0.2) is 0 Å². The summed E-state index contributed by atoms with van der Waals surface area (Å²) >= 11 is 0. The van der Waals surface area contributed by atoms with Crippen molar-refractivity contribution in [3.63, 3.8) is 0 Å². The largest absolute Gasteiger partial charge is 0.460 e. The number of nitrogens with one attached hydrogen (secondary N) is 1. The number of carbonyl (C=O) groups is 1. The molecule has 0 aromatic rings. The van der Waals surface area contributed by atoms with Gasteiger partial charge < -0.3 is 14.2 Å². The van der Waals surface area contributed by atoms with Gasteiger partial charge in [-0.3, -0.25) is 5.32 Å². The second kappa shape index (κ2) is 10.2. The predicted octanol–water partition coefficient (Wildman–Crippen LogP) is -0.0743. The predicted molar refractivity (Wildman–Crippen MR) is 51.9 cm³/mol. The van der Waals surface area contributed by atoms with E-state index >= 15 is 0 Å². The molecule has 0 saturated carbocycles. The molecule has 0 heterocycles. The maximum atomic E-state index is 10.6. The lowest BCUT2D eigenvalue weighted by atomic mass is 10.6. The molecule has 0 radical (unpaired) electrons. The zero-order valence-corrected chi connectivity index (χ0v) is 8.45. The van der Waals surface area contributed by atoms with Gasteiger partial charge in [0.1, 0.15) is 6.61 Å². The van der Waals surface area contributed by atoms with Crippen molar-refractivity contribution < 1.29 is 19.0 Å². The highest BCUT2D eigenvalue weighted by molar-refractivity contribution is 5.81. The Morgan fingerprint density at radius 3 is 2.86 bits per heavy atom. The van der Waals surface area contributed by atoms with Gasteiger partial charge in [-0.15, -0.1) is 0 Å². The summed E-state index contributed by atoms with van der Waals surface area (Å²) in [6.45, 7) is 5.70. The standard InChI is InChI=1S/C9H17NO4/c1-3-9(11)14-7-6-13-8-10-4-5-12-2/h3,10H,1,4-8H2,2H3. The Labute approximate surface area is 84.0 Å². The molecule has 14 heavy (non-hydrogen) atoms. The molecule has 0 atom stereocenters. The molecule has 0 saturated heterocycles. The SMILES string of the molecule is C=CC(=O)OCCOCNCCOC. The molecule has 0 aromatic heterocycles. The van der Waals surface area contributed by atoms with Crippen molar-refractivity contribution in [2.45, 2.75) is 0 Å². The van der Waals surface area contributed by atoms with Crippen LogP contribution in [0.15, 0.2) is 12.7 Å². The number of esters is 1. The number of methoxy groups -OCH3 is 1. The van der Waals surface area contributed by atoms with E-state index in [-0.39, 0.29) is 6.61 Å². The fraction of sp³-hybridized carbons (Fsp3) is 0.667. The fourth-order valence-corrected chi connectivity index (χ4v) is 0.651. The molecule has 0 aliphatic rings. The van der Waals surface area contributed by atoms with Crippen LogP contribution in [-0.2, 0) is 19.0 Å². The van der Waals surface area contributed by atoms with Crippen LogP contribution in [0.5, 0.6) is 0 Å². The van der Waals surface area contributed by atoms with E-state index in [1.807, 2.05) is 0 Å². The first-order valence-electron chi connectivity index (χ1n) is 4.38. The van der Waals surface area contributed by atoms with E-state index in [1.54, 1.807) is 7.11 Å². The first-order chi connectivity index (χ1) is 6.81. The van der Waals surface area contributed by atoms with Crippen LogP contribution in [0.2, 0.25) is 0 Å². The number of rotatable bonds is 9. The number of carbonyl (C=O) groups excluding carboxylic acids is 1. The van der Waals surface area contributed by atoms with Crippen LogP contribution in [-0.4, -0.2) is 46.2 Å². The second-order valence-electron chi connectivity index (χ2n) is 2.42. The number of hydrogen-bond acceptors (Lipinski definition) is 5. The number of ether oxygens (including phenoxy) is 3. The minimum atomic E-state index is -0.430. The first kappa shape index (κ1) is 13.1. The van der Waals surface area contributed by atoms with Crippen LogP contribution in [0.4, 0.5) is 0 Å². The van der Waals surface area contributed by atoms with Crippen LogP contribution in [0, 0.1) is 0 Å². The fourth-order valence-electron chi connectivity index (χ4n) is 0.651. The molecule has 0 spiro atoms. The van der Waals surface area contributed by atoms with E-state index in [0.717, 1.165) is 12.6 Å². The highest BCUT2D eigenvalue weighted by Gasteiger charge is 1.94. The van der Waals surface area contributed by atoms with Gasteiger partial charge in [-0.25, -0.2) is 4.79 Å². The summed E-state index contributed by atoms with van der Waals surface area (Å²) in [6, 6.07) is 0. The molecule has 0 aromatic carbocycles. The van der Waals surface area contributed by atoms with Crippen LogP contribution >= 0.6 is 0 Å². The lowest BCUT2D eigenvalue weighted by Gasteiger charge is -2.05. The quantitative estimate of drug-likeness (QED) is 0.246. The van der Waals surface area contributed by atoms with Gasteiger partial charge in [-0.2, -0.15) is 0 Å². The van der Waals surface area contributed by atoms with Crippen molar-refractivity contribution in [2.75, 3.05) is 40.2 Å². The molecule has 0 amide bonds. The van der Waals surface area contributed by atoms with Gasteiger partial charge in [0.25, 0.3) is 0 Å². The van der Waals surface area contributed by atoms with E-state index in [1.165, 1.54) is 0 Å². The summed E-state index contributed by atoms with van der Waals surface area (Å²) in [5.41, 5.74) is 0. The third kappa shape index (κ3) is 9.18. The molecule has 0 fully saturated rings. The minimum absolute atomic E-state index is 0.247. The van der Waals surface area contributed by atoms with Crippen LogP contribution < -0.4 is 5.32 Å². The maximum absolute atomic E-state index is 10.6. The summed E-state index contributed by atoms with van der Waals surface area (Å²) in [5.74, 6) is -0.430. The Balaban J connectivity index is 2.99. The van der Waals surface area contributed by atoms with Gasteiger partial charge >= 0.3 is 5.97 Å². The Hall–Kier alpha value is -0.910. The van der Waals surface area contributed by atoms with E-state index < -0.39 is 5.97 Å². The Morgan fingerprint density at radius 2 is 2.21 bits per heavy atom. The minimum Gasteiger partial charge on any atom is -0.460 e. The molecular weight excluding hydrogens is 186 g/mol. The van der Waals surface area contributed by atoms with Crippen LogP contribution in [0.25, 0.3) is 0 Å². The Kier molecular flexibility index (Phi) is 9.51. The van der Waals surface area contributed by atoms with E-state index in [0.29, 0.717) is 19.9 Å². The molecule has 0 bridgehead atoms. The molecule has 5 heteroatoms. The van der Waals surface area contributed by atoms with Gasteiger partial charge in [-0.1, -0.05) is 6.58 Å². The van der Waals surface area contributed by atoms with Crippen LogP contribution in [0.1, 0.15) is 0 Å². The van der Waals surface area contributed by atoms with E-state index in [2.05, 4.69) is 16.6 Å². The van der Waals surface area contributed by atoms with Crippen molar-refractivity contribution in [3.8, 4) is 0 Å². The third-order valence-electron chi connectivity index (χ3n) is 1.33. The lowest BCUT2D eigenvalue weighted by Crippen LogP contribution is -2.23. The Morgan fingerprint density at radius 1 is 1.43 bits per heavy atom. The van der Waals surface area contributed by atoms with Crippen LogP contribution in [0.3, 0.4) is 0 Å². The average molecular weight is 203 g/mol. The summed E-state index contributed by atoms with van der Waals surface area (Å²) in [5, 5.41) is 2.98. The highest BCUT2D eigenvalue weighted by atomic mass is 16.6. The molecule has 0 aliphatic heterocycles. The lowest BCUT2D eigenvalue weighted by molar-refractivity contribution is -0.139. The molecule has 1 N–H and O–H groups in total. The molecule has 5 nitrogen and oxygen atoms in total. The van der Waals surface area contributed by atoms with Crippen molar-refractivity contribution in [2.24, 2.45) is 0 Å². The van der Waals surface area contributed by atoms with Gasteiger partial charge in [0.2, 0.25) is 0 Å². The van der Waals surface area contributed by atoms with E-state index in [9.17, 15) is 4.79 Å². The molecule has 0 aliphatic carbocycles. The first-order valence-corrected chi connectivity index (χ1v) is 4.38. The third-order valence-corrected chi connectivity index (χ3v) is 1.33. The average Bonchev–Trinajstić information content (AvgIpc) is 2.21. The van der Waals surface area contributed by atoms with Gasteiger partial charge in [0, 0.05) is 19.7 Å².